The molecule has 4 aliphatic carbocycles. The van der Waals surface area contributed by atoms with Gasteiger partial charge in [0.1, 0.15) is 6.10 Å². The van der Waals surface area contributed by atoms with Crippen molar-refractivity contribution in [2.45, 2.75) is 104 Å². The molecule has 10 atom stereocenters. The number of hydrogen-bond acceptors (Lipinski definition) is 4. The van der Waals surface area contributed by atoms with E-state index in [1.54, 1.807) is 0 Å². The first kappa shape index (κ1) is 24.4. The van der Waals surface area contributed by atoms with E-state index < -0.39 is 5.97 Å². The molecule has 184 valence electrons. The van der Waals surface area contributed by atoms with Crippen molar-refractivity contribution >= 4 is 11.9 Å². The summed E-state index contributed by atoms with van der Waals surface area (Å²) >= 11 is 0. The van der Waals surface area contributed by atoms with Crippen LogP contribution in [0.5, 0.6) is 0 Å². The van der Waals surface area contributed by atoms with E-state index in [0.29, 0.717) is 35.5 Å². The quantitative estimate of drug-likeness (QED) is 0.215. The fourth-order valence-corrected chi connectivity index (χ4v) is 9.22. The molecule has 0 spiro atoms. The number of aliphatic carboxylic acids is 1. The molecule has 1 unspecified atom stereocenters. The van der Waals surface area contributed by atoms with Gasteiger partial charge in [-0.05, 0) is 104 Å². The van der Waals surface area contributed by atoms with Crippen LogP contribution in [0.2, 0.25) is 0 Å². The van der Waals surface area contributed by atoms with Gasteiger partial charge in [-0.15, -0.1) is 0 Å². The number of hydrogen-bond donors (Lipinski definition) is 1. The highest BCUT2D eigenvalue weighted by Crippen LogP contribution is 2.68. The minimum atomic E-state index is -0.706. The highest BCUT2D eigenvalue weighted by molar-refractivity contribution is 5.66. The van der Waals surface area contributed by atoms with E-state index in [-0.39, 0.29) is 35.4 Å². The Morgan fingerprint density at radius 3 is 2.48 bits per heavy atom. The van der Waals surface area contributed by atoms with Crippen molar-refractivity contribution in [1.82, 2.24) is 0 Å². The molecule has 0 amide bonds. The number of nitrogens with zero attached hydrogens (tertiary/aromatic N) is 3. The molecule has 0 aromatic carbocycles. The van der Waals surface area contributed by atoms with Gasteiger partial charge in [0.2, 0.25) is 0 Å². The van der Waals surface area contributed by atoms with Gasteiger partial charge in [-0.2, -0.15) is 0 Å². The first-order valence-corrected chi connectivity index (χ1v) is 13.0. The first-order valence-electron chi connectivity index (χ1n) is 13.0. The summed E-state index contributed by atoms with van der Waals surface area (Å²) in [5.74, 6) is 1.87. The number of fused-ring (bicyclic) bond motifs is 5. The molecule has 0 aromatic rings. The summed E-state index contributed by atoms with van der Waals surface area (Å²) in [6.07, 6.45) is 9.36. The van der Waals surface area contributed by atoms with Gasteiger partial charge in [-0.1, -0.05) is 25.9 Å². The van der Waals surface area contributed by atoms with Crippen LogP contribution in [0.25, 0.3) is 10.4 Å². The Labute approximate surface area is 197 Å². The Morgan fingerprint density at radius 2 is 1.82 bits per heavy atom. The predicted octanol–water partition coefficient (Wildman–Crippen LogP) is 6.37. The topological polar surface area (TPSA) is 112 Å². The first-order chi connectivity index (χ1) is 15.6. The van der Waals surface area contributed by atoms with Crippen molar-refractivity contribution in [3.05, 3.63) is 10.4 Å². The molecule has 0 heterocycles. The zero-order chi connectivity index (χ0) is 24.0. The molecule has 0 aromatic heterocycles. The van der Waals surface area contributed by atoms with E-state index >= 15 is 0 Å². The summed E-state index contributed by atoms with van der Waals surface area (Å²) in [5.41, 5.74) is 9.35. The highest BCUT2D eigenvalue weighted by Gasteiger charge is 2.63. The normalized spacial score (nSPS) is 45.0. The van der Waals surface area contributed by atoms with E-state index in [0.717, 1.165) is 51.4 Å². The summed E-state index contributed by atoms with van der Waals surface area (Å²) in [6, 6.07) is 0.0578. The zero-order valence-electron chi connectivity index (χ0n) is 20.7. The van der Waals surface area contributed by atoms with Crippen LogP contribution in [0.4, 0.5) is 0 Å². The summed E-state index contributed by atoms with van der Waals surface area (Å²) in [4.78, 5) is 26.4. The molecule has 1 N–H and O–H groups in total. The number of carbonyl (C=O) groups is 2. The molecule has 7 nitrogen and oxygen atoms in total. The van der Waals surface area contributed by atoms with E-state index in [9.17, 15) is 14.7 Å². The van der Waals surface area contributed by atoms with Crippen molar-refractivity contribution in [3.63, 3.8) is 0 Å². The van der Waals surface area contributed by atoms with E-state index in [4.69, 9.17) is 10.3 Å². The van der Waals surface area contributed by atoms with Crippen LogP contribution >= 0.6 is 0 Å². The maximum Gasteiger partial charge on any atom is 0.303 e. The number of ether oxygens (including phenoxy) is 1. The van der Waals surface area contributed by atoms with Crippen LogP contribution in [0.15, 0.2) is 5.11 Å². The van der Waals surface area contributed by atoms with Crippen LogP contribution in [-0.4, -0.2) is 29.2 Å². The molecule has 0 saturated heterocycles. The maximum atomic E-state index is 12.1. The lowest BCUT2D eigenvalue weighted by Gasteiger charge is -2.62. The molecule has 0 radical (unpaired) electrons. The third-order valence-electron chi connectivity index (χ3n) is 10.7. The largest absolute Gasteiger partial charge is 0.481 e. The maximum absolute atomic E-state index is 12.1. The van der Waals surface area contributed by atoms with E-state index in [1.807, 2.05) is 0 Å². The molecule has 4 aliphatic rings. The smallest absolute Gasteiger partial charge is 0.303 e. The van der Waals surface area contributed by atoms with Crippen LogP contribution in [0.1, 0.15) is 91.9 Å². The second-order valence-electron chi connectivity index (χ2n) is 12.1. The Kier molecular flexibility index (Phi) is 6.74. The average Bonchev–Trinajstić information content (AvgIpc) is 3.10. The van der Waals surface area contributed by atoms with Crippen molar-refractivity contribution < 1.29 is 19.4 Å². The van der Waals surface area contributed by atoms with E-state index in [2.05, 4.69) is 30.8 Å². The summed E-state index contributed by atoms with van der Waals surface area (Å²) in [5, 5.41) is 13.2. The number of carboxylic acids is 1. The zero-order valence-corrected chi connectivity index (χ0v) is 20.7. The predicted molar refractivity (Wildman–Crippen MR) is 125 cm³/mol. The highest BCUT2D eigenvalue weighted by atomic mass is 16.5. The van der Waals surface area contributed by atoms with Gasteiger partial charge in [0.15, 0.2) is 0 Å². The summed E-state index contributed by atoms with van der Waals surface area (Å²) in [7, 11) is 0. The van der Waals surface area contributed by atoms with Gasteiger partial charge in [-0.3, -0.25) is 9.59 Å². The average molecular weight is 460 g/mol. The molecule has 0 bridgehead atoms. The second kappa shape index (κ2) is 9.13. The van der Waals surface area contributed by atoms with Crippen LogP contribution in [0.3, 0.4) is 0 Å². The molecular weight excluding hydrogens is 418 g/mol. The van der Waals surface area contributed by atoms with E-state index in [1.165, 1.54) is 13.3 Å². The van der Waals surface area contributed by atoms with Gasteiger partial charge in [0.05, 0.1) is 0 Å². The fraction of sp³-hybridized carbons (Fsp3) is 0.923. The Balaban J connectivity index is 1.61. The van der Waals surface area contributed by atoms with Gasteiger partial charge < -0.3 is 9.84 Å². The molecule has 4 saturated carbocycles. The summed E-state index contributed by atoms with van der Waals surface area (Å²) in [6.45, 7) is 8.67. The third-order valence-corrected chi connectivity index (χ3v) is 10.7. The molecule has 0 aliphatic heterocycles. The standard InChI is InChI=1S/C26H41N3O4/c1-15(5-8-23(31)32)19-6-7-20-24-21(10-12-26(19,20)4)25(3)11-9-18(28-29-27)13-17(25)14-22(24)33-16(2)30/h15,17-22,24H,5-14H2,1-4H3,(H,31,32)/t15-,17+,18?,19-,20+,21+,22-,24+,25+,26-/m1/s1. The number of azide groups is 1. The number of carboxylic acid groups (broad SMARTS) is 1. The molecular formula is C26H41N3O4. The Bertz CT molecular complexity index is 826. The summed E-state index contributed by atoms with van der Waals surface area (Å²) < 4.78 is 6.06. The lowest BCUT2D eigenvalue weighted by Crippen LogP contribution is -2.59. The monoisotopic (exact) mass is 459 g/mol. The molecule has 4 fully saturated rings. The lowest BCUT2D eigenvalue weighted by atomic mass is 9.43. The van der Waals surface area contributed by atoms with Crippen LogP contribution in [0, 0.1) is 46.3 Å². The number of carbonyl (C=O) groups excluding carboxylic acids is 1. The SMILES string of the molecule is CC(=O)O[C@@H]1C[C@@H]2CC(N=[N+]=[N-])CC[C@]2(C)[C@H]2CC[C@]3(C)[C@@H]([C@H](C)CCC(=O)O)CC[C@H]3[C@H]12. The minimum absolute atomic E-state index is 0.0578. The minimum Gasteiger partial charge on any atom is -0.481 e. The number of rotatable bonds is 6. The van der Waals surface area contributed by atoms with Gasteiger partial charge >= 0.3 is 11.9 Å². The molecule has 7 heteroatoms. The molecule has 4 rings (SSSR count). The van der Waals surface area contributed by atoms with Gasteiger partial charge in [0, 0.05) is 30.2 Å². The fourth-order valence-electron chi connectivity index (χ4n) is 9.22. The number of esters is 1. The third kappa shape index (κ3) is 4.26. The van der Waals surface area contributed by atoms with Gasteiger partial charge in [0.25, 0.3) is 0 Å². The lowest BCUT2D eigenvalue weighted by molar-refractivity contribution is -0.189. The Morgan fingerprint density at radius 1 is 1.12 bits per heavy atom. The second-order valence-corrected chi connectivity index (χ2v) is 12.1. The Hall–Kier alpha value is -1.75. The molecule has 33 heavy (non-hydrogen) atoms. The van der Waals surface area contributed by atoms with Crippen LogP contribution < -0.4 is 0 Å². The van der Waals surface area contributed by atoms with Crippen LogP contribution in [-0.2, 0) is 14.3 Å². The van der Waals surface area contributed by atoms with Crippen molar-refractivity contribution in [1.29, 1.82) is 0 Å². The van der Waals surface area contributed by atoms with Crippen molar-refractivity contribution in [2.24, 2.45) is 51.5 Å². The van der Waals surface area contributed by atoms with Crippen molar-refractivity contribution in [2.75, 3.05) is 0 Å². The van der Waals surface area contributed by atoms with Crippen molar-refractivity contribution in [3.8, 4) is 0 Å². The van der Waals surface area contributed by atoms with Gasteiger partial charge in [-0.25, -0.2) is 0 Å².